The zero-order valence-corrected chi connectivity index (χ0v) is 17.6. The van der Waals surface area contributed by atoms with E-state index in [1.807, 2.05) is 22.8 Å². The number of rotatable bonds is 4. The second-order valence-electron chi connectivity index (χ2n) is 8.05. The van der Waals surface area contributed by atoms with Crippen molar-refractivity contribution in [2.75, 3.05) is 22.9 Å². The summed E-state index contributed by atoms with van der Waals surface area (Å²) in [5, 5.41) is 0. The monoisotopic (exact) mass is 434 g/mol. The second-order valence-corrected chi connectivity index (χ2v) is 8.05. The lowest BCUT2D eigenvalue weighted by atomic mass is 9.99. The van der Waals surface area contributed by atoms with Gasteiger partial charge in [-0.05, 0) is 25.8 Å². The molecule has 2 atom stereocenters. The number of halogens is 1. The zero-order valence-electron chi connectivity index (χ0n) is 17.6. The SMILES string of the molecule is CC1c2cnc(-c3ncccn3)nc2CCN1c1cc(N2CCCC2C(N)=O)cc(F)n1. The number of hydrogen-bond acceptors (Lipinski definition) is 8. The van der Waals surface area contributed by atoms with Gasteiger partial charge in [-0.3, -0.25) is 4.79 Å². The highest BCUT2D eigenvalue weighted by Gasteiger charge is 2.32. The summed E-state index contributed by atoms with van der Waals surface area (Å²) >= 11 is 0. The largest absolute Gasteiger partial charge is 0.368 e. The maximum Gasteiger partial charge on any atom is 0.240 e. The molecule has 1 amide bonds. The maximum absolute atomic E-state index is 14.5. The molecule has 32 heavy (non-hydrogen) atoms. The third kappa shape index (κ3) is 3.61. The standard InChI is InChI=1S/C22H23FN8O/c1-13-15-12-27-22(21-25-6-3-7-26-21)28-16(15)5-9-30(13)19-11-14(10-18(23)29-19)31-8-2-4-17(31)20(24)32/h3,6-7,10-13,17H,2,4-5,8-9H2,1H3,(H2,24,32). The van der Waals surface area contributed by atoms with Crippen molar-refractivity contribution in [3.05, 3.63) is 54.0 Å². The molecule has 2 N–H and O–H groups in total. The van der Waals surface area contributed by atoms with Crippen molar-refractivity contribution in [1.29, 1.82) is 0 Å². The van der Waals surface area contributed by atoms with Crippen LogP contribution in [0.5, 0.6) is 0 Å². The van der Waals surface area contributed by atoms with Gasteiger partial charge in [0.05, 0.1) is 11.7 Å². The first-order valence-electron chi connectivity index (χ1n) is 10.6. The molecule has 1 saturated heterocycles. The number of primary amides is 1. The Bertz CT molecular complexity index is 1160. The van der Waals surface area contributed by atoms with E-state index >= 15 is 0 Å². The van der Waals surface area contributed by atoms with Gasteiger partial charge in [-0.25, -0.2) is 24.9 Å². The molecule has 0 bridgehead atoms. The Kier molecular flexibility index (Phi) is 5.12. The molecule has 3 aromatic heterocycles. The highest BCUT2D eigenvalue weighted by atomic mass is 19.1. The van der Waals surface area contributed by atoms with Crippen LogP contribution in [0.1, 0.15) is 37.1 Å². The molecule has 5 heterocycles. The fraction of sp³-hybridized carbons (Fsp3) is 0.364. The lowest BCUT2D eigenvalue weighted by molar-refractivity contribution is -0.119. The highest BCUT2D eigenvalue weighted by Crippen LogP contribution is 2.35. The van der Waals surface area contributed by atoms with E-state index in [-0.39, 0.29) is 6.04 Å². The van der Waals surface area contributed by atoms with Gasteiger partial charge in [-0.15, -0.1) is 0 Å². The van der Waals surface area contributed by atoms with Crippen molar-refractivity contribution in [3.8, 4) is 11.6 Å². The van der Waals surface area contributed by atoms with E-state index in [0.717, 1.165) is 17.7 Å². The van der Waals surface area contributed by atoms with Gasteiger partial charge in [0.1, 0.15) is 11.9 Å². The van der Waals surface area contributed by atoms with Gasteiger partial charge in [0.25, 0.3) is 0 Å². The van der Waals surface area contributed by atoms with Crippen LogP contribution >= 0.6 is 0 Å². The Balaban J connectivity index is 1.45. The van der Waals surface area contributed by atoms with E-state index in [1.54, 1.807) is 24.7 Å². The predicted molar refractivity (Wildman–Crippen MR) is 116 cm³/mol. The van der Waals surface area contributed by atoms with Crippen LogP contribution in [0.25, 0.3) is 11.6 Å². The quantitative estimate of drug-likeness (QED) is 0.621. The van der Waals surface area contributed by atoms with Crippen LogP contribution in [0.4, 0.5) is 15.9 Å². The summed E-state index contributed by atoms with van der Waals surface area (Å²) in [6.45, 7) is 3.30. The lowest BCUT2D eigenvalue weighted by Gasteiger charge is -2.36. The molecule has 2 aliphatic rings. The Morgan fingerprint density at radius 3 is 2.69 bits per heavy atom. The van der Waals surface area contributed by atoms with Crippen molar-refractivity contribution in [2.24, 2.45) is 5.73 Å². The molecule has 0 aliphatic carbocycles. The minimum absolute atomic E-state index is 0.0999. The summed E-state index contributed by atoms with van der Waals surface area (Å²) in [5.41, 5.74) is 8.06. The Hall–Kier alpha value is -3.69. The summed E-state index contributed by atoms with van der Waals surface area (Å²) < 4.78 is 14.5. The number of nitrogens with two attached hydrogens (primary N) is 1. The smallest absolute Gasteiger partial charge is 0.240 e. The molecule has 9 nitrogen and oxygen atoms in total. The van der Waals surface area contributed by atoms with Gasteiger partial charge in [0.15, 0.2) is 11.6 Å². The molecule has 0 radical (unpaired) electrons. The number of carbonyl (C=O) groups is 1. The number of hydrogen-bond donors (Lipinski definition) is 1. The Morgan fingerprint density at radius 1 is 1.09 bits per heavy atom. The van der Waals surface area contributed by atoms with Crippen LogP contribution < -0.4 is 15.5 Å². The average Bonchev–Trinajstić information content (AvgIpc) is 3.30. The van der Waals surface area contributed by atoms with Crippen LogP contribution in [0.15, 0.2) is 36.8 Å². The normalized spacial score (nSPS) is 20.3. The number of amides is 1. The van der Waals surface area contributed by atoms with Crippen LogP contribution in [-0.2, 0) is 11.2 Å². The highest BCUT2D eigenvalue weighted by molar-refractivity contribution is 5.84. The molecular formula is C22H23FN8O. The molecule has 0 aromatic carbocycles. The fourth-order valence-electron chi connectivity index (χ4n) is 4.55. The molecule has 0 saturated carbocycles. The lowest BCUT2D eigenvalue weighted by Crippen LogP contribution is -2.40. The van der Waals surface area contributed by atoms with Gasteiger partial charge in [-0.1, -0.05) is 0 Å². The summed E-state index contributed by atoms with van der Waals surface area (Å²) in [4.78, 5) is 37.4. The summed E-state index contributed by atoms with van der Waals surface area (Å²) in [6, 6.07) is 4.42. The first-order chi connectivity index (χ1) is 15.5. The van der Waals surface area contributed by atoms with Gasteiger partial charge in [0, 0.05) is 61.5 Å². The van der Waals surface area contributed by atoms with Crippen LogP contribution in [0.2, 0.25) is 0 Å². The molecule has 1 fully saturated rings. The van der Waals surface area contributed by atoms with Gasteiger partial charge in [0.2, 0.25) is 11.9 Å². The third-order valence-electron chi connectivity index (χ3n) is 6.15. The molecule has 164 valence electrons. The van der Waals surface area contributed by atoms with Gasteiger partial charge in [-0.2, -0.15) is 4.39 Å². The van der Waals surface area contributed by atoms with Crippen LogP contribution in [-0.4, -0.2) is 50.0 Å². The summed E-state index contributed by atoms with van der Waals surface area (Å²) in [6.07, 6.45) is 7.27. The summed E-state index contributed by atoms with van der Waals surface area (Å²) in [5.74, 6) is 0.512. The van der Waals surface area contributed by atoms with Crippen molar-refractivity contribution >= 4 is 17.4 Å². The molecule has 0 spiro atoms. The van der Waals surface area contributed by atoms with Gasteiger partial charge < -0.3 is 15.5 Å². The van der Waals surface area contributed by atoms with E-state index in [1.165, 1.54) is 6.07 Å². The first kappa shape index (κ1) is 20.2. The van der Waals surface area contributed by atoms with E-state index in [0.29, 0.717) is 49.1 Å². The molecule has 2 unspecified atom stereocenters. The number of aromatic nitrogens is 5. The fourth-order valence-corrected chi connectivity index (χ4v) is 4.55. The predicted octanol–water partition coefficient (Wildman–Crippen LogP) is 2.05. The van der Waals surface area contributed by atoms with Crippen molar-refractivity contribution in [1.82, 2.24) is 24.9 Å². The first-order valence-corrected chi connectivity index (χ1v) is 10.6. The van der Waals surface area contributed by atoms with Crippen molar-refractivity contribution in [2.45, 2.75) is 38.3 Å². The second kappa shape index (κ2) is 8.10. The molecule has 5 rings (SSSR count). The van der Waals surface area contributed by atoms with Crippen LogP contribution in [0, 0.1) is 5.95 Å². The van der Waals surface area contributed by atoms with Gasteiger partial charge >= 0.3 is 0 Å². The molecule has 10 heteroatoms. The number of fused-ring (bicyclic) bond motifs is 1. The average molecular weight is 434 g/mol. The topological polar surface area (TPSA) is 114 Å². The minimum atomic E-state index is -0.585. The Morgan fingerprint density at radius 2 is 1.91 bits per heavy atom. The van der Waals surface area contributed by atoms with Crippen LogP contribution in [0.3, 0.4) is 0 Å². The Labute approximate surface area is 184 Å². The van der Waals surface area contributed by atoms with E-state index in [2.05, 4.69) is 24.9 Å². The molecule has 2 aliphatic heterocycles. The number of pyridine rings is 1. The van der Waals surface area contributed by atoms with Crippen molar-refractivity contribution in [3.63, 3.8) is 0 Å². The molecule has 3 aromatic rings. The number of nitrogens with zero attached hydrogens (tertiary/aromatic N) is 7. The number of carbonyl (C=O) groups excluding carboxylic acids is 1. The maximum atomic E-state index is 14.5. The summed E-state index contributed by atoms with van der Waals surface area (Å²) in [7, 11) is 0. The van der Waals surface area contributed by atoms with E-state index in [4.69, 9.17) is 5.73 Å². The molecular weight excluding hydrogens is 411 g/mol. The third-order valence-corrected chi connectivity index (χ3v) is 6.15. The number of anilines is 2. The van der Waals surface area contributed by atoms with E-state index < -0.39 is 17.9 Å². The minimum Gasteiger partial charge on any atom is -0.368 e. The van der Waals surface area contributed by atoms with E-state index in [9.17, 15) is 9.18 Å². The van der Waals surface area contributed by atoms with Crippen molar-refractivity contribution < 1.29 is 9.18 Å². The zero-order chi connectivity index (χ0) is 22.2.